The van der Waals surface area contributed by atoms with Gasteiger partial charge in [-0.3, -0.25) is 9.69 Å². The first-order valence-electron chi connectivity index (χ1n) is 11.2. The van der Waals surface area contributed by atoms with Crippen molar-refractivity contribution >= 4 is 79.1 Å². The molecule has 1 saturated heterocycles. The number of likely N-dealkylation sites (N-methyl/N-ethyl adjacent to an activating group) is 1. The van der Waals surface area contributed by atoms with Crippen molar-refractivity contribution in [3.63, 3.8) is 0 Å². The third-order valence-electron chi connectivity index (χ3n) is 5.30. The van der Waals surface area contributed by atoms with Gasteiger partial charge in [0.1, 0.15) is 6.61 Å². The van der Waals surface area contributed by atoms with E-state index in [0.29, 0.717) is 40.5 Å². The molecule has 0 radical (unpaired) electrons. The Balaban J connectivity index is 1.57. The van der Waals surface area contributed by atoms with Crippen LogP contribution in [0.4, 0.5) is 5.69 Å². The number of thioether (sulfide) groups is 1. The first-order valence-corrected chi connectivity index (χ1v) is 13.9. The van der Waals surface area contributed by atoms with Gasteiger partial charge >= 0.3 is 5.97 Å². The number of halogens is 2. The Kier molecular flexibility index (Phi) is 8.93. The predicted molar refractivity (Wildman–Crippen MR) is 158 cm³/mol. The normalized spacial score (nSPS) is 15.5. The lowest BCUT2D eigenvalue weighted by Gasteiger charge is -2.14. The zero-order chi connectivity index (χ0) is 26.5. The minimum absolute atomic E-state index is 0.175. The second-order valence-corrected chi connectivity index (χ2v) is 11.0. The van der Waals surface area contributed by atoms with Crippen molar-refractivity contribution in [2.75, 3.05) is 13.7 Å². The fourth-order valence-corrected chi connectivity index (χ4v) is 5.14. The molecule has 1 N–H and O–H groups in total. The van der Waals surface area contributed by atoms with Gasteiger partial charge in [0.05, 0.1) is 22.8 Å². The predicted octanol–water partition coefficient (Wildman–Crippen LogP) is 6.96. The molecule has 1 aliphatic rings. The first-order chi connectivity index (χ1) is 17.7. The van der Waals surface area contributed by atoms with Crippen LogP contribution in [0.3, 0.4) is 0 Å². The third-order valence-corrected chi connectivity index (χ3v) is 7.77. The maximum atomic E-state index is 12.9. The van der Waals surface area contributed by atoms with Crippen LogP contribution in [0.2, 0.25) is 0 Å². The molecule has 0 saturated carbocycles. The maximum Gasteiger partial charge on any atom is 0.335 e. The number of ether oxygens (including phenoxy) is 2. The second-order valence-electron chi connectivity index (χ2n) is 7.89. The molecule has 3 aromatic carbocycles. The number of amides is 1. The molecule has 4 rings (SSSR count). The fourth-order valence-electron chi connectivity index (χ4n) is 3.37. The Hall–Kier alpha value is -2.83. The molecule has 7 nitrogen and oxygen atoms in total. The van der Waals surface area contributed by atoms with Gasteiger partial charge in [-0.2, -0.15) is 0 Å². The van der Waals surface area contributed by atoms with E-state index in [2.05, 4.69) is 43.5 Å². The van der Waals surface area contributed by atoms with Crippen molar-refractivity contribution in [2.45, 2.75) is 13.5 Å². The van der Waals surface area contributed by atoms with Crippen LogP contribution in [0.1, 0.15) is 28.4 Å². The van der Waals surface area contributed by atoms with Gasteiger partial charge in [-0.05, 0) is 107 Å². The van der Waals surface area contributed by atoms with Crippen LogP contribution < -0.4 is 9.47 Å². The topological polar surface area (TPSA) is 88.4 Å². The molecule has 190 valence electrons. The molecule has 10 heteroatoms. The van der Waals surface area contributed by atoms with E-state index in [1.54, 1.807) is 25.3 Å². The molecule has 1 aliphatic heterocycles. The number of amidine groups is 1. The van der Waals surface area contributed by atoms with Crippen LogP contribution in [-0.4, -0.2) is 40.7 Å². The second kappa shape index (κ2) is 12.1. The Morgan fingerprint density at radius 2 is 1.78 bits per heavy atom. The average molecular weight is 693 g/mol. The van der Waals surface area contributed by atoms with Gasteiger partial charge in [-0.15, -0.1) is 0 Å². The molecule has 1 amide bonds. The van der Waals surface area contributed by atoms with E-state index >= 15 is 0 Å². The summed E-state index contributed by atoms with van der Waals surface area (Å²) >= 11 is 7.11. The molecule has 0 bridgehead atoms. The first kappa shape index (κ1) is 27.2. The lowest BCUT2D eigenvalue weighted by atomic mass is 10.1. The van der Waals surface area contributed by atoms with E-state index in [1.165, 1.54) is 28.8 Å². The smallest absolute Gasteiger partial charge is 0.335 e. The van der Waals surface area contributed by atoms with Crippen LogP contribution >= 0.6 is 50.3 Å². The highest BCUT2D eigenvalue weighted by Crippen LogP contribution is 2.38. The lowest BCUT2D eigenvalue weighted by molar-refractivity contribution is -0.121. The Morgan fingerprint density at radius 1 is 1.11 bits per heavy atom. The highest BCUT2D eigenvalue weighted by Gasteiger charge is 2.30. The molecular weight excluding hydrogens is 671 g/mol. The van der Waals surface area contributed by atoms with Gasteiger partial charge in [-0.25, -0.2) is 9.79 Å². The van der Waals surface area contributed by atoms with Crippen LogP contribution in [0, 0.1) is 3.57 Å². The number of aromatic carboxylic acids is 1. The number of hydrogen-bond donors (Lipinski definition) is 1. The summed E-state index contributed by atoms with van der Waals surface area (Å²) in [5.41, 5.74) is 2.55. The molecule has 0 aliphatic carbocycles. The van der Waals surface area contributed by atoms with Crippen molar-refractivity contribution in [3.8, 4) is 11.5 Å². The molecule has 0 atom stereocenters. The van der Waals surface area contributed by atoms with E-state index in [9.17, 15) is 9.59 Å². The Morgan fingerprint density at radius 3 is 2.43 bits per heavy atom. The van der Waals surface area contributed by atoms with Gasteiger partial charge < -0.3 is 14.6 Å². The quantitative estimate of drug-likeness (QED) is 0.203. The van der Waals surface area contributed by atoms with Gasteiger partial charge in [0.15, 0.2) is 16.7 Å². The largest absolute Gasteiger partial charge is 0.490 e. The molecule has 0 unspecified atom stereocenters. The molecule has 0 spiro atoms. The van der Waals surface area contributed by atoms with Crippen molar-refractivity contribution in [1.29, 1.82) is 0 Å². The zero-order valence-corrected chi connectivity index (χ0v) is 24.5. The fraction of sp³-hybridized carbons (Fsp3) is 0.148. The van der Waals surface area contributed by atoms with Gasteiger partial charge in [0.25, 0.3) is 5.91 Å². The van der Waals surface area contributed by atoms with E-state index in [1.807, 2.05) is 43.3 Å². The van der Waals surface area contributed by atoms with Crippen LogP contribution in [0.15, 0.2) is 75.0 Å². The number of aliphatic imine (C=N–C) groups is 1. The third kappa shape index (κ3) is 6.74. The van der Waals surface area contributed by atoms with Crippen LogP contribution in [0.25, 0.3) is 6.08 Å². The minimum Gasteiger partial charge on any atom is -0.490 e. The summed E-state index contributed by atoms with van der Waals surface area (Å²) in [7, 11) is 1.66. The summed E-state index contributed by atoms with van der Waals surface area (Å²) in [6.07, 6.45) is 1.79. The highest BCUT2D eigenvalue weighted by atomic mass is 127. The number of carbonyl (C=O) groups is 2. The lowest BCUT2D eigenvalue weighted by Crippen LogP contribution is -2.23. The van der Waals surface area contributed by atoms with Crippen molar-refractivity contribution < 1.29 is 24.2 Å². The summed E-state index contributed by atoms with van der Waals surface area (Å²) in [4.78, 5) is 30.5. The van der Waals surface area contributed by atoms with Crippen molar-refractivity contribution in [3.05, 3.63) is 90.3 Å². The standard InChI is InChI=1S/C27H22BrIN2O5S/c1-3-35-22-12-18(21(28)14-23(22)36-15-16-4-8-19(29)9-5-16)13-24-25(32)31(2)27(37-24)30-20-10-6-17(7-11-20)26(33)34/h4-14H,3,15H2,1-2H3,(H,33,34)/b24-13-,30-27?. The number of benzene rings is 3. The molecular formula is C27H22BrIN2O5S. The summed E-state index contributed by atoms with van der Waals surface area (Å²) in [5.74, 6) is -0.00619. The average Bonchev–Trinajstić information content (AvgIpc) is 3.14. The number of carboxylic acid groups (broad SMARTS) is 1. The number of hydrogen-bond acceptors (Lipinski definition) is 6. The van der Waals surface area contributed by atoms with Crippen molar-refractivity contribution in [2.24, 2.45) is 4.99 Å². The molecule has 1 heterocycles. The molecule has 37 heavy (non-hydrogen) atoms. The van der Waals surface area contributed by atoms with Gasteiger partial charge in [0, 0.05) is 15.1 Å². The summed E-state index contributed by atoms with van der Waals surface area (Å²) < 4.78 is 13.8. The highest BCUT2D eigenvalue weighted by molar-refractivity contribution is 14.1. The monoisotopic (exact) mass is 692 g/mol. The van der Waals surface area contributed by atoms with E-state index < -0.39 is 5.97 Å². The number of nitrogens with zero attached hydrogens (tertiary/aromatic N) is 2. The van der Waals surface area contributed by atoms with E-state index in [4.69, 9.17) is 14.6 Å². The minimum atomic E-state index is -1.00. The summed E-state index contributed by atoms with van der Waals surface area (Å²) in [5, 5.41) is 9.57. The maximum absolute atomic E-state index is 12.9. The summed E-state index contributed by atoms with van der Waals surface area (Å²) in [6, 6.07) is 18.0. The van der Waals surface area contributed by atoms with E-state index in [-0.39, 0.29) is 11.5 Å². The Bertz CT molecular complexity index is 1390. The molecule has 3 aromatic rings. The Labute approximate surface area is 240 Å². The summed E-state index contributed by atoms with van der Waals surface area (Å²) in [6.45, 7) is 2.77. The van der Waals surface area contributed by atoms with Crippen molar-refractivity contribution in [1.82, 2.24) is 4.90 Å². The molecule has 0 aromatic heterocycles. The number of rotatable bonds is 8. The SMILES string of the molecule is CCOc1cc(/C=C2\SC(=Nc3ccc(C(=O)O)cc3)N(C)C2=O)c(Br)cc1OCc1ccc(I)cc1. The van der Waals surface area contributed by atoms with Gasteiger partial charge in [0.2, 0.25) is 0 Å². The zero-order valence-electron chi connectivity index (χ0n) is 19.9. The van der Waals surface area contributed by atoms with E-state index in [0.717, 1.165) is 19.2 Å². The molecule has 1 fully saturated rings. The number of carbonyl (C=O) groups excluding carboxylic acids is 1. The number of carboxylic acids is 1. The van der Waals surface area contributed by atoms with Crippen LogP contribution in [0.5, 0.6) is 11.5 Å². The van der Waals surface area contributed by atoms with Gasteiger partial charge in [-0.1, -0.05) is 28.1 Å². The van der Waals surface area contributed by atoms with Crippen LogP contribution in [-0.2, 0) is 11.4 Å².